The molecule has 220 valence electrons. The summed E-state index contributed by atoms with van der Waals surface area (Å²) in [6, 6.07) is 7.47. The Bertz CT molecular complexity index is 1840. The number of nitrogen functional groups attached to an aromatic ring is 1. The molecule has 4 aromatic heterocycles. The predicted octanol–water partition coefficient (Wildman–Crippen LogP) is 5.11. The van der Waals surface area contributed by atoms with Gasteiger partial charge in [-0.2, -0.15) is 27.9 Å². The van der Waals surface area contributed by atoms with Crippen molar-refractivity contribution in [3.05, 3.63) is 78.0 Å². The first-order valence-corrected chi connectivity index (χ1v) is 13.7. The SMILES string of the molecule is C[C@@H]1C[C@H]2C[C@H](c3cc(N)n4ncc(-c5ccc(-c6ccc(C(F)(F)F)cc6F)nc5)c4n3)C[C@@H]1N2C(=O)c1ncn[nH]1. The van der Waals surface area contributed by atoms with E-state index >= 15 is 0 Å². The first-order chi connectivity index (χ1) is 20.6. The van der Waals surface area contributed by atoms with E-state index in [9.17, 15) is 22.4 Å². The van der Waals surface area contributed by atoms with Gasteiger partial charge in [0.05, 0.1) is 17.5 Å². The van der Waals surface area contributed by atoms with Crippen molar-refractivity contribution in [2.75, 3.05) is 5.73 Å². The quantitative estimate of drug-likeness (QED) is 0.278. The third-order valence-electron chi connectivity index (χ3n) is 8.57. The van der Waals surface area contributed by atoms with Crippen LogP contribution >= 0.6 is 0 Å². The molecule has 14 heteroatoms. The standard InChI is InChI=1S/C29H25F4N9O/c1-14-6-18-7-16(8-24(14)41(18)28(43)26-36-13-37-40-26)23-10-25(34)42-27(39-23)20(12-38-42)15-2-5-22(35-11-15)19-4-3-17(9-21(19)30)29(31,32)33/h2-5,9-14,16,18,24H,6-8,34H2,1H3,(H,36,37,40)/t14-,16+,18+,24+/m1/s1. The number of anilines is 1. The van der Waals surface area contributed by atoms with E-state index in [4.69, 9.17) is 10.7 Å². The van der Waals surface area contributed by atoms with Crippen LogP contribution in [0.3, 0.4) is 0 Å². The highest BCUT2D eigenvalue weighted by Gasteiger charge is 2.48. The van der Waals surface area contributed by atoms with Gasteiger partial charge >= 0.3 is 6.18 Å². The van der Waals surface area contributed by atoms with E-state index < -0.39 is 17.6 Å². The first-order valence-electron chi connectivity index (χ1n) is 13.7. The Labute approximate surface area is 242 Å². The monoisotopic (exact) mass is 591 g/mol. The van der Waals surface area contributed by atoms with E-state index in [0.717, 1.165) is 37.1 Å². The molecule has 0 spiro atoms. The molecular weight excluding hydrogens is 566 g/mol. The fraction of sp³-hybridized carbons (Fsp3) is 0.310. The smallest absolute Gasteiger partial charge is 0.384 e. The predicted molar refractivity (Wildman–Crippen MR) is 147 cm³/mol. The molecule has 2 fully saturated rings. The van der Waals surface area contributed by atoms with Gasteiger partial charge in [-0.3, -0.25) is 14.9 Å². The number of piperidine rings is 1. The second-order valence-electron chi connectivity index (χ2n) is 11.2. The second-order valence-corrected chi connectivity index (χ2v) is 11.2. The number of H-pyrrole nitrogens is 1. The number of pyridine rings is 1. The van der Waals surface area contributed by atoms with Gasteiger partial charge in [0.1, 0.15) is 18.0 Å². The van der Waals surface area contributed by atoms with Crippen LogP contribution in [0.25, 0.3) is 28.0 Å². The Morgan fingerprint density at radius 1 is 1.05 bits per heavy atom. The zero-order valence-electron chi connectivity index (χ0n) is 22.8. The molecule has 43 heavy (non-hydrogen) atoms. The van der Waals surface area contributed by atoms with E-state index in [0.29, 0.717) is 34.6 Å². The zero-order chi connectivity index (χ0) is 30.0. The summed E-state index contributed by atoms with van der Waals surface area (Å²) in [6.07, 6.45) is 2.13. The van der Waals surface area contributed by atoms with Gasteiger partial charge in [-0.05, 0) is 49.4 Å². The summed E-state index contributed by atoms with van der Waals surface area (Å²) in [5.41, 5.74) is 8.10. The third kappa shape index (κ3) is 4.57. The fourth-order valence-electron chi connectivity index (χ4n) is 6.54. The number of rotatable bonds is 4. The summed E-state index contributed by atoms with van der Waals surface area (Å²) in [5.74, 6) is -0.144. The molecule has 2 saturated heterocycles. The van der Waals surface area contributed by atoms with Gasteiger partial charge in [0.2, 0.25) is 5.82 Å². The molecule has 2 bridgehead atoms. The molecule has 0 aliphatic carbocycles. The van der Waals surface area contributed by atoms with Crippen LogP contribution in [0, 0.1) is 11.7 Å². The van der Waals surface area contributed by atoms with Crippen LogP contribution < -0.4 is 5.73 Å². The lowest BCUT2D eigenvalue weighted by Crippen LogP contribution is -2.47. The number of alkyl halides is 3. The zero-order valence-corrected chi connectivity index (χ0v) is 22.8. The van der Waals surface area contributed by atoms with Crippen LogP contribution in [0.4, 0.5) is 23.4 Å². The molecule has 10 nitrogen and oxygen atoms in total. The average Bonchev–Trinajstić information content (AvgIpc) is 3.71. The van der Waals surface area contributed by atoms with E-state index in [1.807, 2.05) is 11.0 Å². The number of carbonyl (C=O) groups excluding carboxylic acids is 1. The normalized spacial score (nSPS) is 21.9. The van der Waals surface area contributed by atoms with Crippen molar-refractivity contribution in [3.63, 3.8) is 0 Å². The maximum absolute atomic E-state index is 14.5. The molecule has 2 aliphatic rings. The highest BCUT2D eigenvalue weighted by Crippen LogP contribution is 2.46. The number of nitrogens with two attached hydrogens (primary N) is 1. The molecule has 7 rings (SSSR count). The summed E-state index contributed by atoms with van der Waals surface area (Å²) >= 11 is 0. The molecule has 1 amide bonds. The van der Waals surface area contributed by atoms with E-state index in [1.54, 1.807) is 12.3 Å². The summed E-state index contributed by atoms with van der Waals surface area (Å²) < 4.78 is 54.9. The van der Waals surface area contributed by atoms with Gasteiger partial charge in [0.25, 0.3) is 5.91 Å². The lowest BCUT2D eigenvalue weighted by atomic mass is 9.86. The van der Waals surface area contributed by atoms with Crippen LogP contribution in [0.5, 0.6) is 0 Å². The molecule has 1 aromatic carbocycles. The summed E-state index contributed by atoms with van der Waals surface area (Å²) in [4.78, 5) is 28.4. The molecule has 2 aliphatic heterocycles. The number of fused-ring (bicyclic) bond motifs is 3. The van der Waals surface area contributed by atoms with E-state index in [-0.39, 0.29) is 41.0 Å². The summed E-state index contributed by atoms with van der Waals surface area (Å²) in [5, 5.41) is 10.9. The van der Waals surface area contributed by atoms with Crippen molar-refractivity contribution in [2.45, 2.75) is 50.4 Å². The largest absolute Gasteiger partial charge is 0.416 e. The lowest BCUT2D eigenvalue weighted by molar-refractivity contribution is -0.137. The van der Waals surface area contributed by atoms with Gasteiger partial charge < -0.3 is 10.6 Å². The minimum atomic E-state index is -4.64. The van der Waals surface area contributed by atoms with Gasteiger partial charge in [0, 0.05) is 52.6 Å². The molecule has 3 N–H and O–H groups in total. The molecule has 6 heterocycles. The number of hydrogen-bond donors (Lipinski definition) is 2. The van der Waals surface area contributed by atoms with Gasteiger partial charge in [-0.25, -0.2) is 14.4 Å². The highest BCUT2D eigenvalue weighted by atomic mass is 19.4. The van der Waals surface area contributed by atoms with E-state index in [1.165, 1.54) is 23.1 Å². The molecule has 5 aromatic rings. The minimum absolute atomic E-state index is 0.0207. The van der Waals surface area contributed by atoms with E-state index in [2.05, 4.69) is 32.2 Å². The average molecular weight is 592 g/mol. The molecular formula is C29H25F4N9O. The number of hydrogen-bond acceptors (Lipinski definition) is 7. The van der Waals surface area contributed by atoms with Crippen molar-refractivity contribution in [2.24, 2.45) is 5.92 Å². The van der Waals surface area contributed by atoms with Crippen LogP contribution in [-0.4, -0.2) is 57.7 Å². The Morgan fingerprint density at radius 2 is 1.88 bits per heavy atom. The number of aromatic nitrogens is 7. The number of aromatic amines is 1. The fourth-order valence-corrected chi connectivity index (χ4v) is 6.54. The second kappa shape index (κ2) is 9.85. The van der Waals surface area contributed by atoms with Crippen LogP contribution in [0.15, 0.2) is 55.1 Å². The maximum atomic E-state index is 14.5. The van der Waals surface area contributed by atoms with Crippen molar-refractivity contribution >= 4 is 17.4 Å². The number of carbonyl (C=O) groups is 1. The number of nitrogens with zero attached hydrogens (tertiary/aromatic N) is 7. The van der Waals surface area contributed by atoms with Crippen molar-refractivity contribution < 1.29 is 22.4 Å². The molecule has 0 radical (unpaired) electrons. The van der Waals surface area contributed by atoms with Crippen LogP contribution in [0.2, 0.25) is 0 Å². The Balaban J connectivity index is 1.17. The lowest BCUT2D eigenvalue weighted by Gasteiger charge is -2.39. The van der Waals surface area contributed by atoms with Crippen molar-refractivity contribution in [1.29, 1.82) is 0 Å². The van der Waals surface area contributed by atoms with Gasteiger partial charge in [-0.15, -0.1) is 0 Å². The Hall–Kier alpha value is -4.88. The molecule has 0 saturated carbocycles. The van der Waals surface area contributed by atoms with Crippen molar-refractivity contribution in [1.82, 2.24) is 39.7 Å². The van der Waals surface area contributed by atoms with Crippen LogP contribution in [0.1, 0.15) is 54.0 Å². The highest BCUT2D eigenvalue weighted by molar-refractivity contribution is 5.91. The Morgan fingerprint density at radius 3 is 2.56 bits per heavy atom. The first kappa shape index (κ1) is 27.0. The topological polar surface area (TPSA) is 131 Å². The summed E-state index contributed by atoms with van der Waals surface area (Å²) in [7, 11) is 0. The van der Waals surface area contributed by atoms with Gasteiger partial charge in [0.15, 0.2) is 5.65 Å². The third-order valence-corrected chi connectivity index (χ3v) is 8.57. The van der Waals surface area contributed by atoms with Crippen LogP contribution in [-0.2, 0) is 6.18 Å². The number of halogens is 4. The maximum Gasteiger partial charge on any atom is 0.416 e. The number of nitrogens with one attached hydrogen (secondary N) is 1. The Kier molecular flexibility index (Phi) is 6.18. The number of amides is 1. The minimum Gasteiger partial charge on any atom is -0.384 e. The van der Waals surface area contributed by atoms with Crippen molar-refractivity contribution in [3.8, 4) is 22.4 Å². The molecule has 0 unspecified atom stereocenters. The molecule has 4 atom stereocenters. The van der Waals surface area contributed by atoms with Gasteiger partial charge in [-0.1, -0.05) is 13.0 Å². The number of benzene rings is 1. The summed E-state index contributed by atoms with van der Waals surface area (Å²) in [6.45, 7) is 2.15.